The Balaban J connectivity index is 1.46. The van der Waals surface area contributed by atoms with Gasteiger partial charge in [-0.05, 0) is 54.6 Å². The number of anilines is 1. The van der Waals surface area contributed by atoms with Crippen molar-refractivity contribution < 1.29 is 9.53 Å². The Hall–Kier alpha value is -3.60. The number of carbonyl (C=O) groups is 1. The van der Waals surface area contributed by atoms with Gasteiger partial charge in [0.2, 0.25) is 0 Å². The third-order valence-corrected chi connectivity index (χ3v) is 3.80. The first-order chi connectivity index (χ1) is 12.3. The van der Waals surface area contributed by atoms with Crippen LogP contribution >= 0.6 is 0 Å². The molecule has 1 aromatic heterocycles. The molecule has 1 heterocycles. The number of H-pyrrole nitrogens is 1. The van der Waals surface area contributed by atoms with Crippen LogP contribution in [-0.2, 0) is 0 Å². The van der Waals surface area contributed by atoms with Gasteiger partial charge in [-0.1, -0.05) is 18.2 Å². The predicted molar refractivity (Wildman–Crippen MR) is 97.0 cm³/mol. The minimum absolute atomic E-state index is 0.176. The van der Waals surface area contributed by atoms with Crippen LogP contribution in [0.3, 0.4) is 0 Å². The van der Waals surface area contributed by atoms with Crippen molar-refractivity contribution in [3.05, 3.63) is 84.6 Å². The summed E-state index contributed by atoms with van der Waals surface area (Å²) < 4.78 is 5.73. The second-order valence-corrected chi connectivity index (χ2v) is 5.57. The zero-order valence-electron chi connectivity index (χ0n) is 13.3. The zero-order valence-corrected chi connectivity index (χ0v) is 13.3. The van der Waals surface area contributed by atoms with Gasteiger partial charge in [-0.3, -0.25) is 9.89 Å². The van der Waals surface area contributed by atoms with Crippen molar-refractivity contribution in [1.29, 1.82) is 0 Å². The fraction of sp³-hybridized carbons (Fsp3) is 0. The lowest BCUT2D eigenvalue weighted by atomic mass is 10.2. The van der Waals surface area contributed by atoms with E-state index in [1.807, 2.05) is 48.5 Å². The van der Waals surface area contributed by atoms with Crippen molar-refractivity contribution in [1.82, 2.24) is 10.2 Å². The minimum atomic E-state index is -0.176. The number of aromatic nitrogens is 2. The van der Waals surface area contributed by atoms with Crippen molar-refractivity contribution in [2.45, 2.75) is 0 Å². The highest BCUT2D eigenvalue weighted by Crippen LogP contribution is 2.22. The molecule has 0 aliphatic rings. The summed E-state index contributed by atoms with van der Waals surface area (Å²) in [6.07, 6.45) is 1.74. The minimum Gasteiger partial charge on any atom is -0.457 e. The van der Waals surface area contributed by atoms with Crippen LogP contribution in [-0.4, -0.2) is 16.1 Å². The molecule has 4 rings (SSSR count). The molecule has 0 unspecified atom stereocenters. The fourth-order valence-electron chi connectivity index (χ4n) is 2.52. The number of ether oxygens (including phenoxy) is 1. The van der Waals surface area contributed by atoms with Gasteiger partial charge < -0.3 is 10.1 Å². The van der Waals surface area contributed by atoms with Gasteiger partial charge in [-0.2, -0.15) is 5.10 Å². The lowest BCUT2D eigenvalue weighted by Gasteiger charge is -2.08. The van der Waals surface area contributed by atoms with E-state index in [1.165, 1.54) is 0 Å². The molecule has 0 spiro atoms. The van der Waals surface area contributed by atoms with E-state index < -0.39 is 0 Å². The van der Waals surface area contributed by atoms with E-state index in [0.717, 1.165) is 16.7 Å². The number of carbonyl (C=O) groups excluding carboxylic acids is 1. The highest BCUT2D eigenvalue weighted by Gasteiger charge is 2.07. The summed E-state index contributed by atoms with van der Waals surface area (Å²) in [5.74, 6) is 1.26. The molecule has 2 N–H and O–H groups in total. The number of fused-ring (bicyclic) bond motifs is 1. The maximum atomic E-state index is 12.4. The molecule has 0 saturated carbocycles. The average Bonchev–Trinajstić information content (AvgIpc) is 3.11. The van der Waals surface area contributed by atoms with E-state index in [2.05, 4.69) is 15.5 Å². The van der Waals surface area contributed by atoms with Gasteiger partial charge in [-0.25, -0.2) is 0 Å². The first kappa shape index (κ1) is 15.0. The summed E-state index contributed by atoms with van der Waals surface area (Å²) in [5, 5.41) is 10.7. The van der Waals surface area contributed by atoms with Gasteiger partial charge in [0.1, 0.15) is 11.5 Å². The van der Waals surface area contributed by atoms with E-state index in [0.29, 0.717) is 17.0 Å². The van der Waals surface area contributed by atoms with Gasteiger partial charge in [0.05, 0.1) is 11.7 Å². The number of hydrogen-bond acceptors (Lipinski definition) is 3. The van der Waals surface area contributed by atoms with Crippen molar-refractivity contribution in [3.63, 3.8) is 0 Å². The molecule has 0 bridgehead atoms. The van der Waals surface area contributed by atoms with E-state index in [9.17, 15) is 4.79 Å². The largest absolute Gasteiger partial charge is 0.457 e. The first-order valence-corrected chi connectivity index (χ1v) is 7.85. The number of benzene rings is 3. The molecular weight excluding hydrogens is 314 g/mol. The number of rotatable bonds is 4. The number of hydrogen-bond donors (Lipinski definition) is 2. The van der Waals surface area contributed by atoms with Gasteiger partial charge in [-0.15, -0.1) is 0 Å². The Labute approximate surface area is 144 Å². The molecule has 1 amide bonds. The molecule has 5 heteroatoms. The smallest absolute Gasteiger partial charge is 0.255 e. The standard InChI is InChI=1S/C20H15N3O2/c24-20(22-16-9-6-15-13-21-23-19(15)12-16)14-7-10-18(11-8-14)25-17-4-2-1-3-5-17/h1-13H,(H,21,23)(H,22,24). The lowest BCUT2D eigenvalue weighted by molar-refractivity contribution is 0.102. The molecule has 3 aromatic carbocycles. The number of aromatic amines is 1. The summed E-state index contributed by atoms with van der Waals surface area (Å²) >= 11 is 0. The number of nitrogens with zero attached hydrogens (tertiary/aromatic N) is 1. The Morgan fingerprint density at radius 2 is 1.68 bits per heavy atom. The van der Waals surface area contributed by atoms with Gasteiger partial charge >= 0.3 is 0 Å². The van der Waals surface area contributed by atoms with Crippen LogP contribution in [0, 0.1) is 0 Å². The quantitative estimate of drug-likeness (QED) is 0.574. The molecule has 4 aromatic rings. The van der Waals surface area contributed by atoms with E-state index >= 15 is 0 Å². The van der Waals surface area contributed by atoms with Gasteiger partial charge in [0.25, 0.3) is 5.91 Å². The Kier molecular flexibility index (Phi) is 3.88. The topological polar surface area (TPSA) is 67.0 Å². The van der Waals surface area contributed by atoms with Crippen molar-refractivity contribution in [2.75, 3.05) is 5.32 Å². The molecule has 0 saturated heterocycles. The molecule has 122 valence electrons. The second-order valence-electron chi connectivity index (χ2n) is 5.57. The predicted octanol–water partition coefficient (Wildman–Crippen LogP) is 4.61. The van der Waals surface area contributed by atoms with Crippen LogP contribution in [0.25, 0.3) is 10.9 Å². The van der Waals surface area contributed by atoms with Crippen molar-refractivity contribution >= 4 is 22.5 Å². The average molecular weight is 329 g/mol. The maximum Gasteiger partial charge on any atom is 0.255 e. The third kappa shape index (κ3) is 3.35. The van der Waals surface area contributed by atoms with E-state index in [1.54, 1.807) is 30.5 Å². The summed E-state index contributed by atoms with van der Waals surface area (Å²) in [7, 11) is 0. The monoisotopic (exact) mass is 329 g/mol. The highest BCUT2D eigenvalue weighted by molar-refractivity contribution is 6.05. The fourth-order valence-corrected chi connectivity index (χ4v) is 2.52. The van der Waals surface area contributed by atoms with Crippen LogP contribution in [0.2, 0.25) is 0 Å². The molecule has 0 fully saturated rings. The zero-order chi connectivity index (χ0) is 17.1. The Morgan fingerprint density at radius 3 is 2.48 bits per heavy atom. The highest BCUT2D eigenvalue weighted by atomic mass is 16.5. The molecule has 25 heavy (non-hydrogen) atoms. The number of para-hydroxylation sites is 1. The summed E-state index contributed by atoms with van der Waals surface area (Å²) in [5.41, 5.74) is 2.15. The van der Waals surface area contributed by atoms with Gasteiger partial charge in [0.15, 0.2) is 0 Å². The van der Waals surface area contributed by atoms with Crippen molar-refractivity contribution in [3.8, 4) is 11.5 Å². The van der Waals surface area contributed by atoms with Gasteiger partial charge in [0, 0.05) is 16.6 Å². The molecule has 0 atom stereocenters. The summed E-state index contributed by atoms with van der Waals surface area (Å²) in [6.45, 7) is 0. The number of amides is 1. The van der Waals surface area contributed by atoms with Crippen molar-refractivity contribution in [2.24, 2.45) is 0 Å². The summed E-state index contributed by atoms with van der Waals surface area (Å²) in [4.78, 5) is 12.4. The van der Waals surface area contributed by atoms with Crippen LogP contribution in [0.5, 0.6) is 11.5 Å². The van der Waals surface area contributed by atoms with Crippen LogP contribution in [0.15, 0.2) is 79.0 Å². The van der Waals surface area contributed by atoms with E-state index in [-0.39, 0.29) is 5.91 Å². The number of nitrogens with one attached hydrogen (secondary N) is 2. The lowest BCUT2D eigenvalue weighted by Crippen LogP contribution is -2.11. The first-order valence-electron chi connectivity index (χ1n) is 7.85. The molecule has 0 aliphatic carbocycles. The normalized spacial score (nSPS) is 10.6. The summed E-state index contributed by atoms with van der Waals surface area (Å²) in [6, 6.07) is 22.2. The third-order valence-electron chi connectivity index (χ3n) is 3.80. The van der Waals surface area contributed by atoms with Crippen LogP contribution < -0.4 is 10.1 Å². The molecule has 0 aliphatic heterocycles. The van der Waals surface area contributed by atoms with Crippen LogP contribution in [0.4, 0.5) is 5.69 Å². The van der Waals surface area contributed by atoms with E-state index in [4.69, 9.17) is 4.74 Å². The molecule has 0 radical (unpaired) electrons. The SMILES string of the molecule is O=C(Nc1ccc2cn[nH]c2c1)c1ccc(Oc2ccccc2)cc1. The Bertz CT molecular complexity index is 1010. The second kappa shape index (κ2) is 6.49. The molecular formula is C20H15N3O2. The van der Waals surface area contributed by atoms with Crippen LogP contribution in [0.1, 0.15) is 10.4 Å². The molecule has 5 nitrogen and oxygen atoms in total. The maximum absolute atomic E-state index is 12.4. The Morgan fingerprint density at radius 1 is 0.920 bits per heavy atom.